The summed E-state index contributed by atoms with van der Waals surface area (Å²) in [5.74, 6) is 1.47. The van der Waals surface area contributed by atoms with Crippen LogP contribution in [-0.2, 0) is 10.0 Å². The van der Waals surface area contributed by atoms with E-state index in [1.165, 1.54) is 0 Å². The first kappa shape index (κ1) is 22.2. The van der Waals surface area contributed by atoms with Crippen LogP contribution < -0.4 is 9.64 Å². The lowest BCUT2D eigenvalue weighted by molar-refractivity contribution is 0.382. The third-order valence-electron chi connectivity index (χ3n) is 5.97. The summed E-state index contributed by atoms with van der Waals surface area (Å²) in [5, 5.41) is 8.66. The smallest absolute Gasteiger partial charge is 0.243 e. The Morgan fingerprint density at radius 1 is 0.969 bits per heavy atom. The summed E-state index contributed by atoms with van der Waals surface area (Å²) in [6.45, 7) is 7.47. The molecule has 0 atom stereocenters. The van der Waals surface area contributed by atoms with Gasteiger partial charge in [0.1, 0.15) is 5.75 Å². The van der Waals surface area contributed by atoms with Crippen LogP contribution in [0.25, 0.3) is 11.3 Å². The number of aryl methyl sites for hydroxylation is 1. The lowest BCUT2D eigenvalue weighted by Crippen LogP contribution is -2.49. The Balaban J connectivity index is 1.49. The number of benzene rings is 1. The quantitative estimate of drug-likeness (QED) is 0.587. The number of hydrogen-bond donors (Lipinski definition) is 0. The van der Waals surface area contributed by atoms with Crippen molar-refractivity contribution in [1.82, 2.24) is 19.5 Å². The SMILES string of the molecule is COc1c(C)cc(S(=O)(=O)N2CCN(c3ccc(-c4cccnc4)nn3)CC2)c(C)c1C. The number of nitrogens with zero attached hydrogens (tertiary/aromatic N) is 5. The van der Waals surface area contributed by atoms with E-state index in [0.29, 0.717) is 31.1 Å². The highest BCUT2D eigenvalue weighted by Crippen LogP contribution is 2.32. The van der Waals surface area contributed by atoms with E-state index in [-0.39, 0.29) is 0 Å². The van der Waals surface area contributed by atoms with Crippen LogP contribution in [0, 0.1) is 20.8 Å². The number of sulfonamides is 1. The van der Waals surface area contributed by atoms with Crippen LogP contribution in [0.4, 0.5) is 5.82 Å². The van der Waals surface area contributed by atoms with Crippen LogP contribution in [0.2, 0.25) is 0 Å². The first-order chi connectivity index (χ1) is 15.3. The van der Waals surface area contributed by atoms with Gasteiger partial charge in [-0.15, -0.1) is 10.2 Å². The number of hydrogen-bond acceptors (Lipinski definition) is 7. The van der Waals surface area contributed by atoms with Crippen LogP contribution in [0.5, 0.6) is 5.75 Å². The van der Waals surface area contributed by atoms with E-state index in [1.54, 1.807) is 29.9 Å². The van der Waals surface area contributed by atoms with Crippen molar-refractivity contribution in [1.29, 1.82) is 0 Å². The van der Waals surface area contributed by atoms with E-state index in [4.69, 9.17) is 4.74 Å². The second-order valence-corrected chi connectivity index (χ2v) is 9.79. The van der Waals surface area contributed by atoms with Gasteiger partial charge in [0.15, 0.2) is 5.82 Å². The van der Waals surface area contributed by atoms with Crippen molar-refractivity contribution in [2.24, 2.45) is 0 Å². The Morgan fingerprint density at radius 3 is 2.31 bits per heavy atom. The van der Waals surface area contributed by atoms with Gasteiger partial charge in [0.25, 0.3) is 0 Å². The molecule has 1 aliphatic heterocycles. The number of anilines is 1. The molecule has 0 bridgehead atoms. The van der Waals surface area contributed by atoms with Crippen LogP contribution >= 0.6 is 0 Å². The molecular weight excluding hydrogens is 426 g/mol. The molecule has 32 heavy (non-hydrogen) atoms. The predicted octanol–water partition coefficient (Wildman–Crippen LogP) is 2.98. The van der Waals surface area contributed by atoms with Crippen LogP contribution in [0.3, 0.4) is 0 Å². The summed E-state index contributed by atoms with van der Waals surface area (Å²) in [6.07, 6.45) is 3.47. The fourth-order valence-electron chi connectivity index (χ4n) is 4.06. The van der Waals surface area contributed by atoms with Gasteiger partial charge in [0, 0.05) is 44.1 Å². The van der Waals surface area contributed by atoms with E-state index in [1.807, 2.05) is 45.0 Å². The van der Waals surface area contributed by atoms with Crippen molar-refractivity contribution in [3.8, 4) is 17.0 Å². The Kier molecular flexibility index (Phi) is 6.12. The number of pyridine rings is 1. The van der Waals surface area contributed by atoms with Gasteiger partial charge in [0.2, 0.25) is 10.0 Å². The average Bonchev–Trinajstić information content (AvgIpc) is 2.82. The minimum Gasteiger partial charge on any atom is -0.496 e. The molecular formula is C23H27N5O3S. The molecule has 0 unspecified atom stereocenters. The van der Waals surface area contributed by atoms with Crippen molar-refractivity contribution in [2.45, 2.75) is 25.7 Å². The summed E-state index contributed by atoms with van der Waals surface area (Å²) < 4.78 is 33.8. The van der Waals surface area contributed by atoms with Crippen LogP contribution in [0.15, 0.2) is 47.6 Å². The molecule has 3 heterocycles. The zero-order chi connectivity index (χ0) is 22.9. The van der Waals surface area contributed by atoms with Gasteiger partial charge in [-0.05, 0) is 67.8 Å². The number of methoxy groups -OCH3 is 1. The van der Waals surface area contributed by atoms with Gasteiger partial charge >= 0.3 is 0 Å². The summed E-state index contributed by atoms with van der Waals surface area (Å²) in [5.41, 5.74) is 4.06. The third-order valence-corrected chi connectivity index (χ3v) is 8.00. The second-order valence-electron chi connectivity index (χ2n) is 7.88. The molecule has 0 amide bonds. The molecule has 1 fully saturated rings. The maximum Gasteiger partial charge on any atom is 0.243 e. The van der Waals surface area contributed by atoms with Gasteiger partial charge in [-0.3, -0.25) is 4.98 Å². The van der Waals surface area contributed by atoms with Crippen molar-refractivity contribution >= 4 is 15.8 Å². The van der Waals surface area contributed by atoms with Crippen molar-refractivity contribution in [3.05, 3.63) is 59.4 Å². The number of ether oxygens (including phenoxy) is 1. The van der Waals surface area contributed by atoms with E-state index in [2.05, 4.69) is 20.1 Å². The van der Waals surface area contributed by atoms with Gasteiger partial charge in [-0.25, -0.2) is 8.42 Å². The highest BCUT2D eigenvalue weighted by molar-refractivity contribution is 7.89. The van der Waals surface area contributed by atoms with E-state index in [0.717, 1.165) is 39.5 Å². The Labute approximate surface area is 188 Å². The fraction of sp³-hybridized carbons (Fsp3) is 0.348. The molecule has 1 saturated heterocycles. The molecule has 2 aromatic heterocycles. The molecule has 4 rings (SSSR count). The maximum atomic E-state index is 13.4. The second kappa shape index (κ2) is 8.84. The zero-order valence-electron chi connectivity index (χ0n) is 18.7. The highest BCUT2D eigenvalue weighted by atomic mass is 32.2. The topological polar surface area (TPSA) is 88.5 Å². The summed E-state index contributed by atoms with van der Waals surface area (Å²) >= 11 is 0. The molecule has 8 nitrogen and oxygen atoms in total. The molecule has 1 aliphatic rings. The molecule has 0 spiro atoms. The summed E-state index contributed by atoms with van der Waals surface area (Å²) in [7, 11) is -2.00. The Hall–Kier alpha value is -3.04. The Morgan fingerprint density at radius 2 is 1.72 bits per heavy atom. The van der Waals surface area contributed by atoms with Gasteiger partial charge in [-0.1, -0.05) is 0 Å². The van der Waals surface area contributed by atoms with Gasteiger partial charge in [0.05, 0.1) is 17.7 Å². The first-order valence-electron chi connectivity index (χ1n) is 10.5. The average molecular weight is 454 g/mol. The molecule has 3 aromatic rings. The zero-order valence-corrected chi connectivity index (χ0v) is 19.6. The highest BCUT2D eigenvalue weighted by Gasteiger charge is 2.31. The normalized spacial score (nSPS) is 15.1. The van der Waals surface area contributed by atoms with Crippen molar-refractivity contribution in [2.75, 3.05) is 38.2 Å². The monoisotopic (exact) mass is 453 g/mol. The van der Waals surface area contributed by atoms with Crippen LogP contribution in [0.1, 0.15) is 16.7 Å². The first-order valence-corrected chi connectivity index (χ1v) is 11.9. The lowest BCUT2D eigenvalue weighted by Gasteiger charge is -2.34. The molecule has 0 aliphatic carbocycles. The van der Waals surface area contributed by atoms with E-state index < -0.39 is 10.0 Å². The molecule has 0 radical (unpaired) electrons. The third kappa shape index (κ3) is 4.05. The number of rotatable bonds is 5. The maximum absolute atomic E-state index is 13.4. The van der Waals surface area contributed by atoms with Crippen molar-refractivity contribution in [3.63, 3.8) is 0 Å². The summed E-state index contributed by atoms with van der Waals surface area (Å²) in [6, 6.07) is 9.34. The van der Waals surface area contributed by atoms with Crippen LogP contribution in [-0.4, -0.2) is 61.2 Å². The lowest BCUT2D eigenvalue weighted by atomic mass is 10.1. The minimum absolute atomic E-state index is 0.349. The van der Waals surface area contributed by atoms with E-state index in [9.17, 15) is 8.42 Å². The molecule has 0 N–H and O–H groups in total. The molecule has 168 valence electrons. The van der Waals surface area contributed by atoms with Gasteiger partial charge in [-0.2, -0.15) is 4.31 Å². The predicted molar refractivity (Wildman–Crippen MR) is 123 cm³/mol. The summed E-state index contributed by atoms with van der Waals surface area (Å²) in [4.78, 5) is 6.52. The standard InChI is InChI=1S/C23H27N5O3S/c1-16-14-21(17(2)18(3)23(16)31-4)32(29,30)28-12-10-27(11-13-28)22-8-7-20(25-26-22)19-6-5-9-24-15-19/h5-9,14-15H,10-13H2,1-4H3. The minimum atomic E-state index is -3.60. The van der Waals surface area contributed by atoms with E-state index >= 15 is 0 Å². The number of piperazine rings is 1. The number of aromatic nitrogens is 3. The van der Waals surface area contributed by atoms with Gasteiger partial charge < -0.3 is 9.64 Å². The fourth-order valence-corrected chi connectivity index (χ4v) is 5.85. The molecule has 0 saturated carbocycles. The molecule has 9 heteroatoms. The van der Waals surface area contributed by atoms with Crippen molar-refractivity contribution < 1.29 is 13.2 Å². The Bertz CT molecular complexity index is 1210. The largest absolute Gasteiger partial charge is 0.496 e. The molecule has 1 aromatic carbocycles.